The molecule has 0 amide bonds. The van der Waals surface area contributed by atoms with Crippen LogP contribution in [0.25, 0.3) is 0 Å². The van der Waals surface area contributed by atoms with Gasteiger partial charge in [-0.2, -0.15) is 0 Å². The predicted molar refractivity (Wildman–Crippen MR) is 68.8 cm³/mol. The molecule has 1 fully saturated rings. The molecule has 0 atom stereocenters. The molecule has 16 heavy (non-hydrogen) atoms. The highest BCUT2D eigenvalue weighted by Gasteiger charge is 2.17. The van der Waals surface area contributed by atoms with Crippen LogP contribution >= 0.6 is 0 Å². The summed E-state index contributed by atoms with van der Waals surface area (Å²) in [5, 5.41) is 3.45. The SMILES string of the molecule is CCCOCCN1CCC(CNCC)CC1. The molecule has 0 aromatic carbocycles. The Labute approximate surface area is 101 Å². The van der Waals surface area contributed by atoms with E-state index in [0.29, 0.717) is 0 Å². The number of hydrogen-bond donors (Lipinski definition) is 1. The molecule has 3 nitrogen and oxygen atoms in total. The summed E-state index contributed by atoms with van der Waals surface area (Å²) < 4.78 is 5.52. The van der Waals surface area contributed by atoms with Gasteiger partial charge in [0.25, 0.3) is 0 Å². The van der Waals surface area contributed by atoms with Crippen LogP contribution in [0.1, 0.15) is 33.1 Å². The molecule has 1 heterocycles. The maximum atomic E-state index is 5.52. The van der Waals surface area contributed by atoms with Gasteiger partial charge in [-0.05, 0) is 51.4 Å². The van der Waals surface area contributed by atoms with Crippen molar-refractivity contribution < 1.29 is 4.74 Å². The number of nitrogens with one attached hydrogen (secondary N) is 1. The molecule has 0 saturated carbocycles. The maximum absolute atomic E-state index is 5.52. The van der Waals surface area contributed by atoms with E-state index < -0.39 is 0 Å². The highest BCUT2D eigenvalue weighted by atomic mass is 16.5. The number of rotatable bonds is 8. The van der Waals surface area contributed by atoms with E-state index in [-0.39, 0.29) is 0 Å². The second kappa shape index (κ2) is 8.97. The summed E-state index contributed by atoms with van der Waals surface area (Å²) in [7, 11) is 0. The molecule has 0 aromatic rings. The van der Waals surface area contributed by atoms with Gasteiger partial charge in [-0.1, -0.05) is 13.8 Å². The summed E-state index contributed by atoms with van der Waals surface area (Å²) in [5.74, 6) is 0.896. The zero-order valence-corrected chi connectivity index (χ0v) is 11.0. The van der Waals surface area contributed by atoms with Gasteiger partial charge >= 0.3 is 0 Å². The van der Waals surface area contributed by atoms with E-state index in [0.717, 1.165) is 38.6 Å². The molecule has 96 valence electrons. The highest BCUT2D eigenvalue weighted by Crippen LogP contribution is 2.15. The van der Waals surface area contributed by atoms with Gasteiger partial charge in [-0.15, -0.1) is 0 Å². The summed E-state index contributed by atoms with van der Waals surface area (Å²) in [6.45, 7) is 12.1. The van der Waals surface area contributed by atoms with Crippen LogP contribution in [0.3, 0.4) is 0 Å². The van der Waals surface area contributed by atoms with Gasteiger partial charge in [0.1, 0.15) is 0 Å². The van der Waals surface area contributed by atoms with Crippen molar-refractivity contribution in [1.29, 1.82) is 0 Å². The van der Waals surface area contributed by atoms with Crippen LogP contribution in [0.15, 0.2) is 0 Å². The van der Waals surface area contributed by atoms with Crippen LogP contribution in [0.4, 0.5) is 0 Å². The summed E-state index contributed by atoms with van der Waals surface area (Å²) in [6, 6.07) is 0. The van der Waals surface area contributed by atoms with Crippen molar-refractivity contribution in [2.45, 2.75) is 33.1 Å². The third kappa shape index (κ3) is 5.83. The maximum Gasteiger partial charge on any atom is 0.0593 e. The molecular weight excluding hydrogens is 200 g/mol. The molecule has 3 heteroatoms. The standard InChI is InChI=1S/C13H28N2O/c1-3-10-16-11-9-15-7-5-13(6-8-15)12-14-4-2/h13-14H,3-12H2,1-2H3. The molecule has 0 spiro atoms. The molecule has 1 saturated heterocycles. The van der Waals surface area contributed by atoms with Crippen LogP contribution in [0, 0.1) is 5.92 Å². The van der Waals surface area contributed by atoms with Crippen molar-refractivity contribution in [3.63, 3.8) is 0 Å². The molecule has 1 aliphatic rings. The van der Waals surface area contributed by atoms with Crippen LogP contribution in [-0.4, -0.2) is 50.8 Å². The molecule has 0 radical (unpaired) electrons. The average Bonchev–Trinajstić information content (AvgIpc) is 2.33. The Morgan fingerprint density at radius 3 is 2.56 bits per heavy atom. The summed E-state index contributed by atoms with van der Waals surface area (Å²) >= 11 is 0. The van der Waals surface area contributed by atoms with Crippen molar-refractivity contribution in [2.75, 3.05) is 45.9 Å². The molecule has 0 aromatic heterocycles. The van der Waals surface area contributed by atoms with Crippen LogP contribution in [0.5, 0.6) is 0 Å². The molecule has 0 unspecified atom stereocenters. The quantitative estimate of drug-likeness (QED) is 0.640. The molecule has 0 aliphatic carbocycles. The van der Waals surface area contributed by atoms with E-state index in [9.17, 15) is 0 Å². The Hall–Kier alpha value is -0.120. The minimum atomic E-state index is 0.896. The third-order valence-electron chi connectivity index (χ3n) is 3.29. The number of hydrogen-bond acceptors (Lipinski definition) is 3. The second-order valence-corrected chi connectivity index (χ2v) is 4.71. The lowest BCUT2D eigenvalue weighted by atomic mass is 9.97. The largest absolute Gasteiger partial charge is 0.380 e. The number of likely N-dealkylation sites (tertiary alicyclic amines) is 1. The average molecular weight is 228 g/mol. The van der Waals surface area contributed by atoms with Crippen molar-refractivity contribution in [1.82, 2.24) is 10.2 Å². The van der Waals surface area contributed by atoms with Gasteiger partial charge in [0.05, 0.1) is 6.61 Å². The summed E-state index contributed by atoms with van der Waals surface area (Å²) in [6.07, 6.45) is 3.83. The lowest BCUT2D eigenvalue weighted by Crippen LogP contribution is -2.38. The normalized spacial score (nSPS) is 19.1. The van der Waals surface area contributed by atoms with Gasteiger partial charge in [0, 0.05) is 13.2 Å². The van der Waals surface area contributed by atoms with Crippen molar-refractivity contribution in [3.8, 4) is 0 Å². The van der Waals surface area contributed by atoms with Crippen molar-refractivity contribution in [2.24, 2.45) is 5.92 Å². The highest BCUT2D eigenvalue weighted by molar-refractivity contribution is 4.73. The first-order valence-corrected chi connectivity index (χ1v) is 6.87. The number of piperidine rings is 1. The summed E-state index contributed by atoms with van der Waals surface area (Å²) in [4.78, 5) is 2.54. The van der Waals surface area contributed by atoms with Gasteiger partial charge in [-0.3, -0.25) is 0 Å². The van der Waals surface area contributed by atoms with E-state index in [1.54, 1.807) is 0 Å². The fourth-order valence-electron chi connectivity index (χ4n) is 2.20. The Morgan fingerprint density at radius 2 is 1.94 bits per heavy atom. The Balaban J connectivity index is 1.98. The lowest BCUT2D eigenvalue weighted by molar-refractivity contribution is 0.0887. The van der Waals surface area contributed by atoms with E-state index in [2.05, 4.69) is 24.1 Å². The minimum absolute atomic E-state index is 0.896. The van der Waals surface area contributed by atoms with Gasteiger partial charge in [0.15, 0.2) is 0 Å². The zero-order chi connectivity index (χ0) is 11.6. The van der Waals surface area contributed by atoms with E-state index in [4.69, 9.17) is 4.74 Å². The van der Waals surface area contributed by atoms with Crippen LogP contribution in [-0.2, 0) is 4.74 Å². The first-order valence-electron chi connectivity index (χ1n) is 6.87. The molecule has 1 N–H and O–H groups in total. The first-order chi connectivity index (χ1) is 7.86. The summed E-state index contributed by atoms with van der Waals surface area (Å²) in [5.41, 5.74) is 0. The van der Waals surface area contributed by atoms with Gasteiger partial charge < -0.3 is 15.0 Å². The molecule has 1 rings (SSSR count). The van der Waals surface area contributed by atoms with Crippen LogP contribution < -0.4 is 5.32 Å². The third-order valence-corrected chi connectivity index (χ3v) is 3.29. The van der Waals surface area contributed by atoms with Gasteiger partial charge in [-0.25, -0.2) is 0 Å². The first kappa shape index (κ1) is 13.9. The predicted octanol–water partition coefficient (Wildman–Crippen LogP) is 1.73. The Morgan fingerprint density at radius 1 is 1.19 bits per heavy atom. The smallest absolute Gasteiger partial charge is 0.0593 e. The van der Waals surface area contributed by atoms with E-state index >= 15 is 0 Å². The Kier molecular flexibility index (Phi) is 7.81. The topological polar surface area (TPSA) is 24.5 Å². The van der Waals surface area contributed by atoms with Crippen molar-refractivity contribution in [3.05, 3.63) is 0 Å². The molecule has 0 bridgehead atoms. The fourth-order valence-corrected chi connectivity index (χ4v) is 2.20. The van der Waals surface area contributed by atoms with Crippen molar-refractivity contribution >= 4 is 0 Å². The zero-order valence-electron chi connectivity index (χ0n) is 11.0. The monoisotopic (exact) mass is 228 g/mol. The molecule has 1 aliphatic heterocycles. The Bertz CT molecular complexity index is 156. The number of ether oxygens (including phenoxy) is 1. The van der Waals surface area contributed by atoms with E-state index in [1.807, 2.05) is 0 Å². The van der Waals surface area contributed by atoms with E-state index in [1.165, 1.54) is 32.5 Å². The molecular formula is C13H28N2O. The second-order valence-electron chi connectivity index (χ2n) is 4.71. The fraction of sp³-hybridized carbons (Fsp3) is 1.00. The van der Waals surface area contributed by atoms with Gasteiger partial charge in [0.2, 0.25) is 0 Å². The van der Waals surface area contributed by atoms with Crippen LogP contribution in [0.2, 0.25) is 0 Å². The minimum Gasteiger partial charge on any atom is -0.380 e. The number of nitrogens with zero attached hydrogens (tertiary/aromatic N) is 1. The lowest BCUT2D eigenvalue weighted by Gasteiger charge is -2.31.